The summed E-state index contributed by atoms with van der Waals surface area (Å²) in [6.07, 6.45) is 8.01. The fraction of sp³-hybridized carbons (Fsp3) is 0.647. The number of anilines is 1. The molecule has 0 saturated heterocycles. The van der Waals surface area contributed by atoms with Crippen LogP contribution in [0.1, 0.15) is 50.2 Å². The van der Waals surface area contributed by atoms with Crippen LogP contribution in [0.15, 0.2) is 18.2 Å². The molecule has 0 radical (unpaired) electrons. The van der Waals surface area contributed by atoms with E-state index in [9.17, 15) is 0 Å². The van der Waals surface area contributed by atoms with Crippen LogP contribution < -0.4 is 10.6 Å². The minimum Gasteiger partial charge on any atom is -0.385 e. The number of nitrogens with one attached hydrogen (secondary N) is 2. The Morgan fingerprint density at radius 2 is 2.21 bits per heavy atom. The van der Waals surface area contributed by atoms with Crippen LogP contribution in [0, 0.1) is 5.92 Å². The summed E-state index contributed by atoms with van der Waals surface area (Å²) in [6.45, 7) is 4.54. The second-order valence-corrected chi connectivity index (χ2v) is 6.33. The van der Waals surface area contributed by atoms with Gasteiger partial charge in [-0.25, -0.2) is 0 Å². The summed E-state index contributed by atoms with van der Waals surface area (Å²) < 4.78 is 0. The molecule has 0 spiro atoms. The predicted octanol–water partition coefficient (Wildman–Crippen LogP) is 3.71. The third kappa shape index (κ3) is 3.11. The molecule has 19 heavy (non-hydrogen) atoms. The van der Waals surface area contributed by atoms with Crippen LogP contribution in [0.4, 0.5) is 5.69 Å². The highest BCUT2D eigenvalue weighted by Crippen LogP contribution is 2.27. The van der Waals surface area contributed by atoms with E-state index in [0.29, 0.717) is 0 Å². The van der Waals surface area contributed by atoms with E-state index in [1.54, 1.807) is 0 Å². The van der Waals surface area contributed by atoms with Gasteiger partial charge in [0, 0.05) is 24.8 Å². The van der Waals surface area contributed by atoms with Gasteiger partial charge in [-0.2, -0.15) is 0 Å². The quantitative estimate of drug-likeness (QED) is 0.863. The molecule has 1 aliphatic carbocycles. The summed E-state index contributed by atoms with van der Waals surface area (Å²) in [4.78, 5) is 0. The normalized spacial score (nSPS) is 26.6. The minimum atomic E-state index is 0.725. The van der Waals surface area contributed by atoms with Gasteiger partial charge in [-0.1, -0.05) is 38.0 Å². The van der Waals surface area contributed by atoms with E-state index in [4.69, 9.17) is 0 Å². The molecule has 0 aromatic heterocycles. The molecule has 3 rings (SSSR count). The summed E-state index contributed by atoms with van der Waals surface area (Å²) >= 11 is 0. The van der Waals surface area contributed by atoms with Crippen LogP contribution in [-0.2, 0) is 13.0 Å². The van der Waals surface area contributed by atoms with Crippen molar-refractivity contribution in [2.75, 3.05) is 11.9 Å². The molecule has 2 N–H and O–H groups in total. The van der Waals surface area contributed by atoms with Gasteiger partial charge in [-0.05, 0) is 42.7 Å². The van der Waals surface area contributed by atoms with Crippen LogP contribution in [0.25, 0.3) is 0 Å². The first-order valence-corrected chi connectivity index (χ1v) is 7.91. The summed E-state index contributed by atoms with van der Waals surface area (Å²) in [6, 6.07) is 7.49. The van der Waals surface area contributed by atoms with Gasteiger partial charge >= 0.3 is 0 Å². The monoisotopic (exact) mass is 258 g/mol. The SMILES string of the molecule is CC1CCCC(NCc2cccc3c2NCCC3)C1. The van der Waals surface area contributed by atoms with Gasteiger partial charge in [0.25, 0.3) is 0 Å². The molecule has 1 heterocycles. The van der Waals surface area contributed by atoms with Crippen molar-refractivity contribution in [3.8, 4) is 0 Å². The number of hydrogen-bond acceptors (Lipinski definition) is 2. The van der Waals surface area contributed by atoms with Crippen molar-refractivity contribution in [3.63, 3.8) is 0 Å². The number of aryl methyl sites for hydroxylation is 1. The van der Waals surface area contributed by atoms with Crippen LogP contribution >= 0.6 is 0 Å². The second kappa shape index (κ2) is 5.96. The number of rotatable bonds is 3. The lowest BCUT2D eigenvalue weighted by Crippen LogP contribution is -2.33. The Hall–Kier alpha value is -1.02. The van der Waals surface area contributed by atoms with Crippen molar-refractivity contribution in [1.82, 2.24) is 5.32 Å². The molecule has 1 aliphatic heterocycles. The molecule has 104 valence electrons. The number of benzene rings is 1. The Balaban J connectivity index is 1.63. The van der Waals surface area contributed by atoms with Gasteiger partial charge < -0.3 is 10.6 Å². The third-order valence-corrected chi connectivity index (χ3v) is 4.68. The number of hydrogen-bond donors (Lipinski definition) is 2. The highest BCUT2D eigenvalue weighted by Gasteiger charge is 2.19. The topological polar surface area (TPSA) is 24.1 Å². The average molecular weight is 258 g/mol. The summed E-state index contributed by atoms with van der Waals surface area (Å²) in [7, 11) is 0. The summed E-state index contributed by atoms with van der Waals surface area (Å²) in [5, 5.41) is 7.37. The van der Waals surface area contributed by atoms with Crippen LogP contribution in [0.2, 0.25) is 0 Å². The molecular formula is C17H26N2. The zero-order chi connectivity index (χ0) is 13.1. The van der Waals surface area contributed by atoms with E-state index in [2.05, 4.69) is 35.8 Å². The standard InChI is InChI=1S/C17H26N2/c1-13-5-2-9-16(11-13)19-12-15-7-3-6-14-8-4-10-18-17(14)15/h3,6-7,13,16,18-19H,2,4-5,8-12H2,1H3. The van der Waals surface area contributed by atoms with E-state index in [1.807, 2.05) is 0 Å². The van der Waals surface area contributed by atoms with Crippen molar-refractivity contribution in [3.05, 3.63) is 29.3 Å². The average Bonchev–Trinajstić information content (AvgIpc) is 2.45. The molecule has 0 amide bonds. The first kappa shape index (κ1) is 13.0. The van der Waals surface area contributed by atoms with Crippen molar-refractivity contribution in [2.45, 2.75) is 58.0 Å². The highest BCUT2D eigenvalue weighted by molar-refractivity contribution is 5.59. The lowest BCUT2D eigenvalue weighted by Gasteiger charge is -2.28. The fourth-order valence-corrected chi connectivity index (χ4v) is 3.60. The van der Waals surface area contributed by atoms with E-state index in [1.165, 1.54) is 55.3 Å². The maximum absolute atomic E-state index is 3.78. The fourth-order valence-electron chi connectivity index (χ4n) is 3.60. The predicted molar refractivity (Wildman–Crippen MR) is 81.5 cm³/mol. The molecule has 1 fully saturated rings. The lowest BCUT2D eigenvalue weighted by molar-refractivity contribution is 0.300. The van der Waals surface area contributed by atoms with Gasteiger partial charge in [0.1, 0.15) is 0 Å². The van der Waals surface area contributed by atoms with Crippen molar-refractivity contribution >= 4 is 5.69 Å². The summed E-state index contributed by atoms with van der Waals surface area (Å²) in [5.41, 5.74) is 4.36. The number of para-hydroxylation sites is 1. The molecule has 1 saturated carbocycles. The van der Waals surface area contributed by atoms with Crippen molar-refractivity contribution in [2.24, 2.45) is 5.92 Å². The molecule has 0 bridgehead atoms. The Morgan fingerprint density at radius 1 is 1.26 bits per heavy atom. The van der Waals surface area contributed by atoms with E-state index < -0.39 is 0 Å². The Labute approximate surface area is 117 Å². The molecule has 2 aliphatic rings. The highest BCUT2D eigenvalue weighted by atomic mass is 14.9. The van der Waals surface area contributed by atoms with Gasteiger partial charge in [0.05, 0.1) is 0 Å². The molecule has 2 nitrogen and oxygen atoms in total. The van der Waals surface area contributed by atoms with Crippen molar-refractivity contribution < 1.29 is 0 Å². The molecule has 1 aromatic carbocycles. The summed E-state index contributed by atoms with van der Waals surface area (Å²) in [5.74, 6) is 0.897. The van der Waals surface area contributed by atoms with Gasteiger partial charge in [-0.15, -0.1) is 0 Å². The van der Waals surface area contributed by atoms with E-state index >= 15 is 0 Å². The molecule has 2 atom stereocenters. The zero-order valence-corrected chi connectivity index (χ0v) is 12.0. The first-order valence-electron chi connectivity index (χ1n) is 7.91. The second-order valence-electron chi connectivity index (χ2n) is 6.33. The van der Waals surface area contributed by atoms with Gasteiger partial charge in [0.15, 0.2) is 0 Å². The molecule has 2 unspecified atom stereocenters. The Bertz CT molecular complexity index is 427. The maximum atomic E-state index is 3.78. The largest absolute Gasteiger partial charge is 0.385 e. The van der Waals surface area contributed by atoms with Gasteiger partial charge in [0.2, 0.25) is 0 Å². The third-order valence-electron chi connectivity index (χ3n) is 4.68. The zero-order valence-electron chi connectivity index (χ0n) is 12.0. The Morgan fingerprint density at radius 3 is 3.11 bits per heavy atom. The molecule has 2 heteroatoms. The van der Waals surface area contributed by atoms with Gasteiger partial charge in [-0.3, -0.25) is 0 Å². The van der Waals surface area contributed by atoms with Crippen LogP contribution in [0.5, 0.6) is 0 Å². The number of fused-ring (bicyclic) bond motifs is 1. The Kier molecular flexibility index (Phi) is 4.07. The maximum Gasteiger partial charge on any atom is 0.0418 e. The van der Waals surface area contributed by atoms with E-state index in [0.717, 1.165) is 25.0 Å². The van der Waals surface area contributed by atoms with Crippen LogP contribution in [0.3, 0.4) is 0 Å². The first-order chi connectivity index (χ1) is 9.33. The smallest absolute Gasteiger partial charge is 0.0418 e. The molecular weight excluding hydrogens is 232 g/mol. The van der Waals surface area contributed by atoms with Crippen molar-refractivity contribution in [1.29, 1.82) is 0 Å². The minimum absolute atomic E-state index is 0.725. The van der Waals surface area contributed by atoms with Crippen LogP contribution in [-0.4, -0.2) is 12.6 Å². The molecule has 1 aromatic rings. The van der Waals surface area contributed by atoms with E-state index in [-0.39, 0.29) is 0 Å². The lowest BCUT2D eigenvalue weighted by atomic mass is 9.87.